The lowest BCUT2D eigenvalue weighted by Gasteiger charge is -2.20. The van der Waals surface area contributed by atoms with Crippen LogP contribution in [0.15, 0.2) is 17.5 Å². The molecule has 3 rings (SSSR count). The maximum Gasteiger partial charge on any atom is 0.0387 e. The van der Waals surface area contributed by atoms with Crippen molar-refractivity contribution < 1.29 is 0 Å². The second-order valence-corrected chi connectivity index (χ2v) is 11.1. The summed E-state index contributed by atoms with van der Waals surface area (Å²) in [6.07, 6.45) is 13.2. The van der Waals surface area contributed by atoms with E-state index in [9.17, 15) is 0 Å². The Morgan fingerprint density at radius 2 is 1.38 bits per heavy atom. The fourth-order valence-electron chi connectivity index (χ4n) is 4.86. The van der Waals surface area contributed by atoms with Gasteiger partial charge in [-0.05, 0) is 71.0 Å². The minimum Gasteiger partial charge on any atom is -0.143 e. The zero-order valence-corrected chi connectivity index (χ0v) is 20.9. The second kappa shape index (κ2) is 11.0. The second-order valence-electron chi connectivity index (χ2n) is 8.96. The Bertz CT molecular complexity index is 828. The van der Waals surface area contributed by atoms with Crippen molar-refractivity contribution in [2.24, 2.45) is 11.8 Å². The molecule has 0 radical (unpaired) electrons. The van der Waals surface area contributed by atoms with Gasteiger partial charge in [0.1, 0.15) is 0 Å². The van der Waals surface area contributed by atoms with E-state index in [1.54, 1.807) is 31.3 Å². The molecule has 0 nitrogen and oxygen atoms in total. The Morgan fingerprint density at radius 1 is 0.793 bits per heavy atom. The molecule has 0 saturated heterocycles. The summed E-state index contributed by atoms with van der Waals surface area (Å²) in [7, 11) is 0. The molecular formula is C27H40S2. The monoisotopic (exact) mass is 428 g/mol. The molecule has 0 N–H and O–H groups in total. The van der Waals surface area contributed by atoms with Gasteiger partial charge in [0.15, 0.2) is 0 Å². The van der Waals surface area contributed by atoms with Gasteiger partial charge in [0.25, 0.3) is 0 Å². The first-order valence-corrected chi connectivity index (χ1v) is 13.7. The molecule has 0 aliphatic heterocycles. The quantitative estimate of drug-likeness (QED) is 0.269. The molecule has 0 amide bonds. The lowest BCUT2D eigenvalue weighted by molar-refractivity contribution is 0.450. The number of benzene rings is 1. The van der Waals surface area contributed by atoms with Crippen molar-refractivity contribution in [3.05, 3.63) is 33.5 Å². The molecular weight excluding hydrogens is 388 g/mol. The maximum absolute atomic E-state index is 2.50. The molecule has 2 unspecified atom stereocenters. The lowest BCUT2D eigenvalue weighted by atomic mass is 9.86. The van der Waals surface area contributed by atoms with E-state index in [0.717, 1.165) is 11.8 Å². The zero-order valence-electron chi connectivity index (χ0n) is 19.3. The molecule has 2 atom stereocenters. The molecule has 0 aliphatic rings. The van der Waals surface area contributed by atoms with Crippen molar-refractivity contribution >= 4 is 42.8 Å². The van der Waals surface area contributed by atoms with E-state index >= 15 is 0 Å². The summed E-state index contributed by atoms with van der Waals surface area (Å²) in [4.78, 5) is 1.48. The highest BCUT2D eigenvalue weighted by atomic mass is 32.1. The standard InChI is InChI=1S/C27H40S2/c1-6-10-12-20(8-3)17-24-22-14-15-28-26(22)25(18-21(9-4)13-11-7-2)23-16-19(5)29-27(23)24/h14-16,20-21H,6-13,17-18H2,1-5H3. The predicted molar refractivity (Wildman–Crippen MR) is 136 cm³/mol. The number of thiophene rings is 2. The van der Waals surface area contributed by atoms with Crippen LogP contribution < -0.4 is 0 Å². The van der Waals surface area contributed by atoms with Crippen LogP contribution in [0, 0.1) is 18.8 Å². The first-order chi connectivity index (χ1) is 14.1. The molecule has 1 aromatic carbocycles. The first kappa shape index (κ1) is 22.8. The Morgan fingerprint density at radius 3 is 1.93 bits per heavy atom. The minimum atomic E-state index is 0.822. The number of hydrogen-bond acceptors (Lipinski definition) is 2. The largest absolute Gasteiger partial charge is 0.143 e. The average Bonchev–Trinajstić information content (AvgIpc) is 3.36. The van der Waals surface area contributed by atoms with Crippen molar-refractivity contribution in [1.82, 2.24) is 0 Å². The van der Waals surface area contributed by atoms with Gasteiger partial charge in [0, 0.05) is 14.3 Å². The topological polar surface area (TPSA) is 0 Å². The molecule has 2 aromatic heterocycles. The van der Waals surface area contributed by atoms with Crippen LogP contribution in [0.2, 0.25) is 0 Å². The number of aryl methyl sites for hydroxylation is 1. The highest BCUT2D eigenvalue weighted by Gasteiger charge is 2.21. The molecule has 0 saturated carbocycles. The van der Waals surface area contributed by atoms with Crippen LogP contribution in [-0.2, 0) is 12.8 Å². The van der Waals surface area contributed by atoms with Crippen molar-refractivity contribution in [2.75, 3.05) is 0 Å². The third kappa shape index (κ3) is 5.25. The lowest BCUT2D eigenvalue weighted by Crippen LogP contribution is -2.06. The summed E-state index contributed by atoms with van der Waals surface area (Å²) < 4.78 is 3.19. The third-order valence-corrected chi connectivity index (χ3v) is 8.88. The van der Waals surface area contributed by atoms with E-state index in [1.807, 2.05) is 22.7 Å². The smallest absolute Gasteiger partial charge is 0.0387 e. The van der Waals surface area contributed by atoms with Gasteiger partial charge in [-0.1, -0.05) is 79.1 Å². The van der Waals surface area contributed by atoms with E-state index in [2.05, 4.69) is 52.1 Å². The molecule has 0 aliphatic carbocycles. The van der Waals surface area contributed by atoms with Crippen LogP contribution in [0.5, 0.6) is 0 Å². The fourth-order valence-corrected chi connectivity index (χ4v) is 6.96. The normalized spacial score (nSPS) is 14.1. The SMILES string of the molecule is CCCCC(CC)Cc1c2cc(C)sc2c(CC(CC)CCCC)c2ccsc12. The van der Waals surface area contributed by atoms with Crippen LogP contribution in [-0.4, -0.2) is 0 Å². The minimum absolute atomic E-state index is 0.822. The highest BCUT2D eigenvalue weighted by molar-refractivity contribution is 7.20. The Hall–Kier alpha value is -0.860. The fraction of sp³-hybridized carbons (Fsp3) is 0.630. The van der Waals surface area contributed by atoms with Crippen LogP contribution in [0.4, 0.5) is 0 Å². The van der Waals surface area contributed by atoms with Crippen molar-refractivity contribution in [1.29, 1.82) is 0 Å². The van der Waals surface area contributed by atoms with Gasteiger partial charge >= 0.3 is 0 Å². The summed E-state index contributed by atoms with van der Waals surface area (Å²) in [6.45, 7) is 11.7. The van der Waals surface area contributed by atoms with E-state index in [4.69, 9.17) is 0 Å². The molecule has 160 valence electrons. The van der Waals surface area contributed by atoms with Crippen molar-refractivity contribution in [3.63, 3.8) is 0 Å². The molecule has 0 bridgehead atoms. The molecule has 3 aromatic rings. The molecule has 29 heavy (non-hydrogen) atoms. The Labute approximate surface area is 186 Å². The van der Waals surface area contributed by atoms with Crippen molar-refractivity contribution in [3.8, 4) is 0 Å². The zero-order chi connectivity index (χ0) is 20.8. The molecule has 0 spiro atoms. The van der Waals surface area contributed by atoms with Crippen LogP contribution in [0.25, 0.3) is 20.2 Å². The van der Waals surface area contributed by atoms with E-state index in [0.29, 0.717) is 0 Å². The predicted octanol–water partition coefficient (Wildman–Crippen LogP) is 9.94. The van der Waals surface area contributed by atoms with Gasteiger partial charge in [-0.3, -0.25) is 0 Å². The Kier molecular flexibility index (Phi) is 8.62. The summed E-state index contributed by atoms with van der Waals surface area (Å²) in [5, 5.41) is 5.49. The highest BCUT2D eigenvalue weighted by Crippen LogP contribution is 2.43. The first-order valence-electron chi connectivity index (χ1n) is 12.0. The number of fused-ring (bicyclic) bond motifs is 2. The number of hydrogen-bond donors (Lipinski definition) is 0. The average molecular weight is 429 g/mol. The maximum atomic E-state index is 2.50. The van der Waals surface area contributed by atoms with Crippen molar-refractivity contribution in [2.45, 2.75) is 98.8 Å². The van der Waals surface area contributed by atoms with Crippen LogP contribution >= 0.6 is 22.7 Å². The molecule has 0 fully saturated rings. The number of unbranched alkanes of at least 4 members (excludes halogenated alkanes) is 2. The summed E-state index contributed by atoms with van der Waals surface area (Å²) in [6, 6.07) is 4.92. The summed E-state index contributed by atoms with van der Waals surface area (Å²) in [5.74, 6) is 1.64. The third-order valence-electron chi connectivity index (χ3n) is 6.79. The molecule has 2 heterocycles. The molecule has 2 heteroatoms. The van der Waals surface area contributed by atoms with Gasteiger partial charge < -0.3 is 0 Å². The van der Waals surface area contributed by atoms with Gasteiger partial charge in [-0.15, -0.1) is 22.7 Å². The van der Waals surface area contributed by atoms with E-state index in [-0.39, 0.29) is 0 Å². The van der Waals surface area contributed by atoms with Crippen LogP contribution in [0.1, 0.15) is 95.1 Å². The number of rotatable bonds is 12. The van der Waals surface area contributed by atoms with Gasteiger partial charge in [0.05, 0.1) is 0 Å². The summed E-state index contributed by atoms with van der Waals surface area (Å²) >= 11 is 4.03. The van der Waals surface area contributed by atoms with Gasteiger partial charge in [0.2, 0.25) is 0 Å². The van der Waals surface area contributed by atoms with Crippen LogP contribution in [0.3, 0.4) is 0 Å². The van der Waals surface area contributed by atoms with Gasteiger partial charge in [-0.25, -0.2) is 0 Å². The summed E-state index contributed by atoms with van der Waals surface area (Å²) in [5.41, 5.74) is 3.31. The van der Waals surface area contributed by atoms with E-state index in [1.165, 1.54) is 69.1 Å². The Balaban J connectivity index is 2.06. The van der Waals surface area contributed by atoms with Gasteiger partial charge in [-0.2, -0.15) is 0 Å². The van der Waals surface area contributed by atoms with E-state index < -0.39 is 0 Å².